The number of allylic oxidation sites excluding steroid dienone is 4. The van der Waals surface area contributed by atoms with E-state index in [1.165, 1.54) is 15.0 Å². The summed E-state index contributed by atoms with van der Waals surface area (Å²) in [5, 5.41) is 0. The molecule has 0 bridgehead atoms. The number of hydrogen-bond acceptors (Lipinski definition) is 1. The quantitative estimate of drug-likeness (QED) is 0.527. The maximum absolute atomic E-state index is 6.32. The molecule has 0 unspecified atom stereocenters. The SMILES string of the molecule is Cl.Cl.[CH2]=[Ti]([O]c1cccc(C(C)(C)C)c1)[C]1=C(C(C)(C)C)C=CC1. The van der Waals surface area contributed by atoms with Crippen molar-refractivity contribution in [3.05, 3.63) is 51.4 Å². The van der Waals surface area contributed by atoms with Gasteiger partial charge in [-0.2, -0.15) is 0 Å². The van der Waals surface area contributed by atoms with Crippen LogP contribution in [0.15, 0.2) is 45.9 Å². The molecule has 0 aromatic heterocycles. The Balaban J connectivity index is 0.00000264. The van der Waals surface area contributed by atoms with Gasteiger partial charge in [-0.1, -0.05) is 0 Å². The summed E-state index contributed by atoms with van der Waals surface area (Å²) in [6, 6.07) is 8.51. The molecular formula is C20H30Cl2OTi. The molecule has 0 saturated heterocycles. The second-order valence-electron chi connectivity index (χ2n) is 8.05. The fourth-order valence-corrected chi connectivity index (χ4v) is 5.26. The summed E-state index contributed by atoms with van der Waals surface area (Å²) in [5.74, 6) is 0.977. The van der Waals surface area contributed by atoms with Crippen molar-refractivity contribution in [3.63, 3.8) is 0 Å². The van der Waals surface area contributed by atoms with Gasteiger partial charge in [0.2, 0.25) is 0 Å². The van der Waals surface area contributed by atoms with Crippen molar-refractivity contribution in [2.24, 2.45) is 5.41 Å². The van der Waals surface area contributed by atoms with Gasteiger partial charge in [0.1, 0.15) is 0 Å². The molecule has 0 radical (unpaired) electrons. The van der Waals surface area contributed by atoms with Crippen LogP contribution in [0.4, 0.5) is 0 Å². The van der Waals surface area contributed by atoms with Gasteiger partial charge in [-0.15, -0.1) is 24.8 Å². The summed E-state index contributed by atoms with van der Waals surface area (Å²) in [6.45, 7) is 13.5. The second kappa shape index (κ2) is 8.85. The average molecular weight is 405 g/mol. The van der Waals surface area contributed by atoms with Crippen LogP contribution in [0.25, 0.3) is 0 Å². The molecule has 0 spiro atoms. The van der Waals surface area contributed by atoms with Crippen molar-refractivity contribution < 1.29 is 21.1 Å². The minimum atomic E-state index is -1.95. The van der Waals surface area contributed by atoms with Crippen LogP contribution in [-0.2, 0) is 23.2 Å². The molecule has 1 aliphatic carbocycles. The van der Waals surface area contributed by atoms with Crippen molar-refractivity contribution in [1.82, 2.24) is 0 Å². The van der Waals surface area contributed by atoms with E-state index < -0.39 is 17.8 Å². The van der Waals surface area contributed by atoms with E-state index in [4.69, 9.17) is 3.32 Å². The summed E-state index contributed by atoms with van der Waals surface area (Å²) in [7, 11) is 0. The Hall–Kier alpha value is -0.336. The molecule has 0 saturated carbocycles. The van der Waals surface area contributed by atoms with Gasteiger partial charge in [0.25, 0.3) is 0 Å². The summed E-state index contributed by atoms with van der Waals surface area (Å²) in [4.78, 5) is 4.42. The molecule has 0 heterocycles. The summed E-state index contributed by atoms with van der Waals surface area (Å²) in [6.07, 6.45) is 5.54. The Bertz CT molecular complexity index is 646. The van der Waals surface area contributed by atoms with E-state index in [9.17, 15) is 0 Å². The molecule has 1 aliphatic rings. The predicted octanol–water partition coefficient (Wildman–Crippen LogP) is 6.43. The Morgan fingerprint density at radius 1 is 1.00 bits per heavy atom. The van der Waals surface area contributed by atoms with Gasteiger partial charge in [-0.3, -0.25) is 0 Å². The summed E-state index contributed by atoms with van der Waals surface area (Å²) >= 11 is -1.95. The van der Waals surface area contributed by atoms with Crippen LogP contribution in [0.5, 0.6) is 5.75 Å². The van der Waals surface area contributed by atoms with Gasteiger partial charge >= 0.3 is 142 Å². The molecule has 24 heavy (non-hydrogen) atoms. The number of hydrogen-bond donors (Lipinski definition) is 0. The molecule has 4 heteroatoms. The monoisotopic (exact) mass is 404 g/mol. The van der Waals surface area contributed by atoms with Gasteiger partial charge in [0.15, 0.2) is 0 Å². The summed E-state index contributed by atoms with van der Waals surface area (Å²) < 4.78 is 7.78. The first kappa shape index (κ1) is 23.7. The molecule has 134 valence electrons. The standard InChI is InChI=1S/C10H14O.C9H13.CH2.2ClH.Ti/c1-10(2,3)8-5-4-6-9(11)7-8;1-9(2,3)8-6-4-5-7-8;;;;/h4-7,11H,1-3H3;4,6H,5H2,1-3H3;1H2;2*1H;/q;;;;;+1/p-1. The first-order valence-electron chi connectivity index (χ1n) is 7.97. The van der Waals surface area contributed by atoms with Crippen molar-refractivity contribution in [3.8, 4) is 5.75 Å². The van der Waals surface area contributed by atoms with Crippen LogP contribution in [0.2, 0.25) is 0 Å². The molecule has 2 rings (SSSR count). The zero-order valence-corrected chi connectivity index (χ0v) is 18.8. The van der Waals surface area contributed by atoms with E-state index in [0.717, 1.165) is 12.2 Å². The molecule has 0 N–H and O–H groups in total. The van der Waals surface area contributed by atoms with E-state index in [-0.39, 0.29) is 35.6 Å². The van der Waals surface area contributed by atoms with Gasteiger partial charge < -0.3 is 0 Å². The Kier molecular flexibility index (Phi) is 8.73. The van der Waals surface area contributed by atoms with E-state index in [2.05, 4.69) is 82.8 Å². The van der Waals surface area contributed by atoms with Gasteiger partial charge in [-0.25, -0.2) is 0 Å². The Morgan fingerprint density at radius 3 is 2.17 bits per heavy atom. The second-order valence-corrected chi connectivity index (χ2v) is 10.6. The molecule has 0 aliphatic heterocycles. The Labute approximate surface area is 166 Å². The van der Waals surface area contributed by atoms with Crippen molar-refractivity contribution in [2.45, 2.75) is 53.4 Å². The topological polar surface area (TPSA) is 9.23 Å². The van der Waals surface area contributed by atoms with Crippen molar-refractivity contribution >= 4 is 29.6 Å². The van der Waals surface area contributed by atoms with E-state index in [0.29, 0.717) is 0 Å². The summed E-state index contributed by atoms with van der Waals surface area (Å²) in [5.41, 5.74) is 3.07. The van der Waals surface area contributed by atoms with Gasteiger partial charge in [-0.05, 0) is 0 Å². The Morgan fingerprint density at radius 2 is 1.62 bits per heavy atom. The predicted molar refractivity (Wildman–Crippen MR) is 108 cm³/mol. The minimum absolute atomic E-state index is 0. The van der Waals surface area contributed by atoms with Crippen LogP contribution in [0, 0.1) is 5.41 Å². The third kappa shape index (κ3) is 5.88. The van der Waals surface area contributed by atoms with Crippen LogP contribution < -0.4 is 3.32 Å². The zero-order valence-electron chi connectivity index (χ0n) is 15.6. The van der Waals surface area contributed by atoms with E-state index in [1.54, 1.807) is 0 Å². The fraction of sp³-hybridized carbons (Fsp3) is 0.450. The number of halogens is 2. The molecule has 0 fully saturated rings. The van der Waals surface area contributed by atoms with E-state index in [1.807, 2.05) is 0 Å². The maximum atomic E-state index is 6.32. The molecule has 1 nitrogen and oxygen atoms in total. The van der Waals surface area contributed by atoms with Gasteiger partial charge in [0.05, 0.1) is 0 Å². The molecule has 0 amide bonds. The molecule has 1 aromatic carbocycles. The van der Waals surface area contributed by atoms with Crippen LogP contribution in [0.3, 0.4) is 0 Å². The average Bonchev–Trinajstić information content (AvgIpc) is 2.87. The molecular weight excluding hydrogens is 375 g/mol. The molecule has 0 atom stereocenters. The normalized spacial score (nSPS) is 14.1. The van der Waals surface area contributed by atoms with Gasteiger partial charge in [0, 0.05) is 0 Å². The number of rotatable bonds is 3. The fourth-order valence-electron chi connectivity index (χ4n) is 2.70. The van der Waals surface area contributed by atoms with Crippen molar-refractivity contribution in [2.75, 3.05) is 0 Å². The van der Waals surface area contributed by atoms with Crippen LogP contribution in [-0.4, -0.2) is 4.82 Å². The molecule has 1 aromatic rings. The van der Waals surface area contributed by atoms with Crippen LogP contribution in [0.1, 0.15) is 53.5 Å². The van der Waals surface area contributed by atoms with E-state index >= 15 is 0 Å². The van der Waals surface area contributed by atoms with Crippen molar-refractivity contribution in [1.29, 1.82) is 0 Å². The number of benzene rings is 1. The third-order valence-corrected chi connectivity index (χ3v) is 6.56. The third-order valence-electron chi connectivity index (χ3n) is 4.02. The first-order valence-corrected chi connectivity index (χ1v) is 10.5. The zero-order chi connectivity index (χ0) is 16.5. The first-order chi connectivity index (χ1) is 10.1. The van der Waals surface area contributed by atoms with Crippen LogP contribution >= 0.6 is 24.8 Å².